The molecule has 148 valence electrons. The van der Waals surface area contributed by atoms with Crippen LogP contribution in [0.15, 0.2) is 12.2 Å². The summed E-state index contributed by atoms with van der Waals surface area (Å²) in [5.74, 6) is -0.200. The Hall–Kier alpha value is -0.950. The van der Waals surface area contributed by atoms with Gasteiger partial charge in [0, 0.05) is 0 Å². The number of carbonyl (C=O) groups excluding carboxylic acids is 1. The number of rotatable bonds is 1. The molecule has 1 aliphatic carbocycles. The maximum absolute atomic E-state index is 12.3. The average Bonchev–Trinajstić information content (AvgIpc) is 3.24. The lowest BCUT2D eigenvalue weighted by Crippen LogP contribution is -2.49. The second-order valence-corrected chi connectivity index (χ2v) is 9.07. The highest BCUT2D eigenvalue weighted by atomic mass is 17.1. The topological polar surface area (TPSA) is 88.5 Å². The van der Waals surface area contributed by atoms with Gasteiger partial charge in [-0.25, -0.2) is 4.89 Å². The highest BCUT2D eigenvalue weighted by Crippen LogP contribution is 2.46. The molecule has 0 spiro atoms. The fourth-order valence-corrected chi connectivity index (χ4v) is 4.32. The Morgan fingerprint density at radius 2 is 1.92 bits per heavy atom. The molecular weight excluding hydrogens is 336 g/mol. The number of carbonyl (C=O) groups is 1. The Balaban J connectivity index is 1.83. The average molecular weight is 368 g/mol. The van der Waals surface area contributed by atoms with Crippen LogP contribution in [0, 0.1) is 11.8 Å². The fraction of sp³-hybridized carbons (Fsp3) is 0.850. The van der Waals surface area contributed by atoms with Gasteiger partial charge in [-0.15, -0.1) is 0 Å². The molecule has 7 atom stereocenters. The van der Waals surface area contributed by atoms with Gasteiger partial charge in [-0.2, -0.15) is 0 Å². The molecule has 2 aliphatic heterocycles. The second-order valence-electron chi connectivity index (χ2n) is 9.07. The molecule has 3 aliphatic rings. The van der Waals surface area contributed by atoms with Gasteiger partial charge in [-0.1, -0.05) is 19.1 Å². The van der Waals surface area contributed by atoms with Crippen LogP contribution in [0.5, 0.6) is 0 Å². The van der Waals surface area contributed by atoms with Crippen molar-refractivity contribution in [3.63, 3.8) is 0 Å². The van der Waals surface area contributed by atoms with Crippen LogP contribution in [-0.4, -0.2) is 45.3 Å². The standard InChI is InChI=1S/C20H32O6/c1-13-14-6-11-20(4)15(25-20)7-10-18(2,26-23)8-5-9-19(3,22)16(12-14)24-17(13)21/h5,8,13-16,22-23H,6-7,9-12H2,1-4H3. The Morgan fingerprint density at radius 1 is 1.19 bits per heavy atom. The van der Waals surface area contributed by atoms with Crippen molar-refractivity contribution in [3.8, 4) is 0 Å². The predicted molar refractivity (Wildman–Crippen MR) is 95.4 cm³/mol. The predicted octanol–water partition coefficient (Wildman–Crippen LogP) is 3.23. The molecule has 2 saturated heterocycles. The first-order valence-electron chi connectivity index (χ1n) is 9.69. The van der Waals surface area contributed by atoms with Crippen LogP contribution < -0.4 is 0 Å². The number of hydrogen-bond acceptors (Lipinski definition) is 6. The van der Waals surface area contributed by atoms with Gasteiger partial charge >= 0.3 is 5.97 Å². The summed E-state index contributed by atoms with van der Waals surface area (Å²) in [5.41, 5.74) is -2.16. The summed E-state index contributed by atoms with van der Waals surface area (Å²) in [4.78, 5) is 17.0. The lowest BCUT2D eigenvalue weighted by molar-refractivity contribution is -0.304. The lowest BCUT2D eigenvalue weighted by atomic mass is 9.76. The maximum Gasteiger partial charge on any atom is 0.309 e. The van der Waals surface area contributed by atoms with Crippen molar-refractivity contribution < 1.29 is 29.5 Å². The molecule has 6 heteroatoms. The van der Waals surface area contributed by atoms with E-state index in [1.54, 1.807) is 19.1 Å². The number of ether oxygens (including phenoxy) is 2. The smallest absolute Gasteiger partial charge is 0.309 e. The van der Waals surface area contributed by atoms with E-state index < -0.39 is 17.3 Å². The van der Waals surface area contributed by atoms with Crippen LogP contribution in [-0.2, 0) is 19.2 Å². The molecule has 7 unspecified atom stereocenters. The summed E-state index contributed by atoms with van der Waals surface area (Å²) < 4.78 is 11.5. The molecule has 0 amide bonds. The minimum Gasteiger partial charge on any atom is -0.459 e. The van der Waals surface area contributed by atoms with Crippen LogP contribution in [0.2, 0.25) is 0 Å². The van der Waals surface area contributed by atoms with E-state index in [4.69, 9.17) is 14.4 Å². The largest absolute Gasteiger partial charge is 0.459 e. The third kappa shape index (κ3) is 3.98. The molecule has 0 radical (unpaired) electrons. The quantitative estimate of drug-likeness (QED) is 0.243. The third-order valence-electron chi connectivity index (χ3n) is 6.71. The summed E-state index contributed by atoms with van der Waals surface area (Å²) in [6, 6.07) is 0. The fourth-order valence-electron chi connectivity index (χ4n) is 4.32. The van der Waals surface area contributed by atoms with Crippen molar-refractivity contribution in [3.05, 3.63) is 12.2 Å². The highest BCUT2D eigenvalue weighted by molar-refractivity contribution is 5.73. The molecular formula is C20H32O6. The van der Waals surface area contributed by atoms with E-state index in [1.165, 1.54) is 0 Å². The maximum atomic E-state index is 12.3. The number of esters is 1. The first-order valence-corrected chi connectivity index (χ1v) is 9.69. The molecule has 0 aromatic heterocycles. The summed E-state index contributed by atoms with van der Waals surface area (Å²) in [6.45, 7) is 7.53. The second kappa shape index (κ2) is 6.89. The zero-order valence-corrected chi connectivity index (χ0v) is 16.2. The molecule has 2 N–H and O–H groups in total. The van der Waals surface area contributed by atoms with Crippen molar-refractivity contribution in [2.24, 2.45) is 11.8 Å². The first kappa shape index (κ1) is 19.8. The van der Waals surface area contributed by atoms with Crippen LogP contribution in [0.4, 0.5) is 0 Å². The van der Waals surface area contributed by atoms with Crippen LogP contribution in [0.3, 0.4) is 0 Å². The molecule has 2 bridgehead atoms. The van der Waals surface area contributed by atoms with Gasteiger partial charge in [-0.3, -0.25) is 10.1 Å². The van der Waals surface area contributed by atoms with Gasteiger partial charge in [0.15, 0.2) is 0 Å². The number of aliphatic hydroxyl groups is 1. The van der Waals surface area contributed by atoms with Gasteiger partial charge in [-0.05, 0) is 65.2 Å². The molecule has 2 heterocycles. The molecule has 0 aromatic carbocycles. The van der Waals surface area contributed by atoms with E-state index in [1.807, 2.05) is 13.8 Å². The van der Waals surface area contributed by atoms with E-state index in [0.29, 0.717) is 19.3 Å². The van der Waals surface area contributed by atoms with Crippen LogP contribution in [0.25, 0.3) is 0 Å². The lowest BCUT2D eigenvalue weighted by Gasteiger charge is -2.40. The number of fused-ring (bicyclic) bond motifs is 3. The Morgan fingerprint density at radius 3 is 2.62 bits per heavy atom. The normalized spacial score (nSPS) is 49.7. The minimum atomic E-state index is -1.16. The van der Waals surface area contributed by atoms with Crippen molar-refractivity contribution in [1.29, 1.82) is 0 Å². The summed E-state index contributed by atoms with van der Waals surface area (Å²) in [6.07, 6.45) is 7.34. The Kier molecular flexibility index (Phi) is 5.25. The van der Waals surface area contributed by atoms with Gasteiger partial charge in [0.2, 0.25) is 0 Å². The molecule has 0 aromatic rings. The van der Waals surface area contributed by atoms with Gasteiger partial charge < -0.3 is 14.6 Å². The van der Waals surface area contributed by atoms with Crippen molar-refractivity contribution in [2.75, 3.05) is 0 Å². The minimum absolute atomic E-state index is 0.151. The molecule has 2 fully saturated rings. The summed E-state index contributed by atoms with van der Waals surface area (Å²) in [7, 11) is 0. The summed E-state index contributed by atoms with van der Waals surface area (Å²) in [5, 5.41) is 20.2. The van der Waals surface area contributed by atoms with Crippen molar-refractivity contribution in [2.45, 2.75) is 95.2 Å². The highest BCUT2D eigenvalue weighted by Gasteiger charge is 2.53. The number of epoxide rings is 1. The number of hydrogen-bond donors (Lipinski definition) is 2. The molecule has 6 nitrogen and oxygen atoms in total. The van der Waals surface area contributed by atoms with E-state index >= 15 is 0 Å². The zero-order valence-electron chi connectivity index (χ0n) is 16.2. The summed E-state index contributed by atoms with van der Waals surface area (Å²) >= 11 is 0. The molecule has 3 rings (SSSR count). The molecule has 26 heavy (non-hydrogen) atoms. The van der Waals surface area contributed by atoms with Gasteiger partial charge in [0.25, 0.3) is 0 Å². The van der Waals surface area contributed by atoms with E-state index in [-0.39, 0.29) is 29.5 Å². The van der Waals surface area contributed by atoms with E-state index in [2.05, 4.69) is 6.92 Å². The van der Waals surface area contributed by atoms with Crippen molar-refractivity contribution in [1.82, 2.24) is 0 Å². The Labute approximate surface area is 155 Å². The van der Waals surface area contributed by atoms with Gasteiger partial charge in [0.05, 0.1) is 17.6 Å². The van der Waals surface area contributed by atoms with Gasteiger partial charge in [0.1, 0.15) is 17.3 Å². The SMILES string of the molecule is CC1C(=O)OC2CC1CCC1(C)OC1CCC(C)(OO)C=CCC2(C)O. The van der Waals surface area contributed by atoms with Crippen LogP contribution in [0.1, 0.15) is 66.2 Å². The van der Waals surface area contributed by atoms with Crippen molar-refractivity contribution >= 4 is 5.97 Å². The molecule has 0 saturated carbocycles. The first-order chi connectivity index (χ1) is 12.1. The zero-order chi connectivity index (χ0) is 19.2. The van der Waals surface area contributed by atoms with E-state index in [9.17, 15) is 15.2 Å². The monoisotopic (exact) mass is 368 g/mol. The van der Waals surface area contributed by atoms with E-state index in [0.717, 1.165) is 19.3 Å². The third-order valence-corrected chi connectivity index (χ3v) is 6.71. The van der Waals surface area contributed by atoms with Crippen LogP contribution >= 0.6 is 0 Å². The Bertz CT molecular complexity index is 573.